The molecule has 1 aromatic heterocycles. The van der Waals surface area contributed by atoms with E-state index in [2.05, 4.69) is 12.0 Å². The molecule has 0 aliphatic rings. The Bertz CT molecular complexity index is 220. The van der Waals surface area contributed by atoms with Crippen LogP contribution in [0.2, 0.25) is 0 Å². The van der Waals surface area contributed by atoms with Crippen LogP contribution >= 0.6 is 0 Å². The van der Waals surface area contributed by atoms with E-state index in [0.29, 0.717) is 5.88 Å². The van der Waals surface area contributed by atoms with E-state index in [9.17, 15) is 0 Å². The number of rotatable bonds is 3. The van der Waals surface area contributed by atoms with Crippen molar-refractivity contribution in [2.75, 3.05) is 0 Å². The summed E-state index contributed by atoms with van der Waals surface area (Å²) in [7, 11) is 1.88. The third-order valence-electron chi connectivity index (χ3n) is 1.59. The molecule has 0 aliphatic heterocycles. The van der Waals surface area contributed by atoms with Gasteiger partial charge in [-0.15, -0.1) is 5.10 Å². The summed E-state index contributed by atoms with van der Waals surface area (Å²) in [4.78, 5) is 0. The monoisotopic (exact) mass is 154 g/mol. The molecule has 1 rings (SSSR count). The van der Waals surface area contributed by atoms with E-state index < -0.39 is 0 Å². The van der Waals surface area contributed by atoms with Crippen molar-refractivity contribution in [3.63, 3.8) is 0 Å². The van der Waals surface area contributed by atoms with Crippen molar-refractivity contribution < 1.29 is 4.74 Å². The summed E-state index contributed by atoms with van der Waals surface area (Å²) in [6.45, 7) is 4.13. The molecule has 0 N–H and O–H groups in total. The van der Waals surface area contributed by atoms with Gasteiger partial charge in [0.25, 0.3) is 0 Å². The molecule has 0 aromatic carbocycles. The van der Waals surface area contributed by atoms with Crippen LogP contribution < -0.4 is 4.74 Å². The van der Waals surface area contributed by atoms with Crippen molar-refractivity contribution in [2.24, 2.45) is 7.05 Å². The highest BCUT2D eigenvalue weighted by atomic mass is 16.5. The van der Waals surface area contributed by atoms with Crippen LogP contribution in [-0.2, 0) is 7.05 Å². The van der Waals surface area contributed by atoms with E-state index >= 15 is 0 Å². The Kier molecular flexibility index (Phi) is 2.52. The van der Waals surface area contributed by atoms with Crippen molar-refractivity contribution in [3.05, 3.63) is 12.3 Å². The average molecular weight is 154 g/mol. The van der Waals surface area contributed by atoms with Gasteiger partial charge >= 0.3 is 0 Å². The fourth-order valence-electron chi connectivity index (χ4n) is 0.746. The van der Waals surface area contributed by atoms with Gasteiger partial charge in [-0.1, -0.05) is 6.92 Å². The fourth-order valence-corrected chi connectivity index (χ4v) is 0.746. The molecule has 0 bridgehead atoms. The Hall–Kier alpha value is -0.990. The van der Waals surface area contributed by atoms with Crippen molar-refractivity contribution in [3.8, 4) is 5.88 Å². The summed E-state index contributed by atoms with van der Waals surface area (Å²) in [6, 6.07) is 1.87. The summed E-state index contributed by atoms with van der Waals surface area (Å²) in [6.07, 6.45) is 3.14. The van der Waals surface area contributed by atoms with Gasteiger partial charge in [-0.05, 0) is 13.3 Å². The first kappa shape index (κ1) is 8.11. The van der Waals surface area contributed by atoms with Crippen LogP contribution in [0.15, 0.2) is 12.3 Å². The number of hydrogen-bond acceptors (Lipinski definition) is 2. The lowest BCUT2D eigenvalue weighted by Gasteiger charge is -2.08. The lowest BCUT2D eigenvalue weighted by molar-refractivity contribution is 0.207. The van der Waals surface area contributed by atoms with E-state index in [1.807, 2.05) is 26.2 Å². The highest BCUT2D eigenvalue weighted by Crippen LogP contribution is 2.08. The molecular formula is C8H14N2O. The van der Waals surface area contributed by atoms with Crippen molar-refractivity contribution >= 4 is 0 Å². The molecule has 0 saturated carbocycles. The molecule has 11 heavy (non-hydrogen) atoms. The minimum Gasteiger partial charge on any atom is -0.474 e. The molecule has 0 amide bonds. The minimum atomic E-state index is 0.255. The molecule has 0 radical (unpaired) electrons. The van der Waals surface area contributed by atoms with E-state index in [0.717, 1.165) is 6.42 Å². The smallest absolute Gasteiger partial charge is 0.232 e. The molecule has 3 heteroatoms. The number of nitrogens with zero attached hydrogens (tertiary/aromatic N) is 2. The van der Waals surface area contributed by atoms with Gasteiger partial charge in [-0.3, -0.25) is 4.68 Å². The fraction of sp³-hybridized carbons (Fsp3) is 0.625. The Morgan fingerprint density at radius 1 is 1.73 bits per heavy atom. The predicted octanol–water partition coefficient (Wildman–Crippen LogP) is 1.60. The third kappa shape index (κ3) is 2.26. The maximum absolute atomic E-state index is 5.45. The van der Waals surface area contributed by atoms with Gasteiger partial charge in [0.1, 0.15) is 0 Å². The first-order chi connectivity index (χ1) is 5.22. The van der Waals surface area contributed by atoms with Gasteiger partial charge in [0.2, 0.25) is 5.88 Å². The lowest BCUT2D eigenvalue weighted by atomic mass is 10.3. The van der Waals surface area contributed by atoms with Gasteiger partial charge in [0.15, 0.2) is 0 Å². The van der Waals surface area contributed by atoms with Crippen LogP contribution in [0.4, 0.5) is 0 Å². The summed E-state index contributed by atoms with van der Waals surface area (Å²) in [5.41, 5.74) is 0. The number of hydrogen-bond donors (Lipinski definition) is 0. The largest absolute Gasteiger partial charge is 0.474 e. The van der Waals surface area contributed by atoms with Gasteiger partial charge < -0.3 is 4.74 Å². The van der Waals surface area contributed by atoms with Crippen LogP contribution in [0, 0.1) is 0 Å². The van der Waals surface area contributed by atoms with Crippen LogP contribution in [-0.4, -0.2) is 15.9 Å². The molecule has 0 saturated heterocycles. The Morgan fingerprint density at radius 3 is 2.91 bits per heavy atom. The first-order valence-corrected chi connectivity index (χ1v) is 3.88. The SMILES string of the molecule is CCC(C)Oc1ccn(C)n1. The van der Waals surface area contributed by atoms with Crippen LogP contribution in [0.5, 0.6) is 5.88 Å². The topological polar surface area (TPSA) is 27.1 Å². The highest BCUT2D eigenvalue weighted by Gasteiger charge is 2.01. The van der Waals surface area contributed by atoms with Gasteiger partial charge in [0, 0.05) is 19.3 Å². The molecule has 62 valence electrons. The molecule has 0 fully saturated rings. The Labute approximate surface area is 67.0 Å². The van der Waals surface area contributed by atoms with Gasteiger partial charge in [-0.2, -0.15) is 0 Å². The summed E-state index contributed by atoms with van der Waals surface area (Å²) in [5, 5.41) is 4.09. The molecule has 1 aromatic rings. The van der Waals surface area contributed by atoms with Gasteiger partial charge in [-0.25, -0.2) is 0 Å². The van der Waals surface area contributed by atoms with Crippen LogP contribution in [0.3, 0.4) is 0 Å². The Balaban J connectivity index is 2.50. The molecule has 0 aliphatic carbocycles. The van der Waals surface area contributed by atoms with E-state index in [4.69, 9.17) is 4.74 Å². The van der Waals surface area contributed by atoms with Crippen LogP contribution in [0.1, 0.15) is 20.3 Å². The zero-order valence-electron chi connectivity index (χ0n) is 7.24. The second kappa shape index (κ2) is 3.42. The minimum absolute atomic E-state index is 0.255. The van der Waals surface area contributed by atoms with Gasteiger partial charge in [0.05, 0.1) is 6.10 Å². The molecule has 3 nitrogen and oxygen atoms in total. The first-order valence-electron chi connectivity index (χ1n) is 3.88. The normalized spacial score (nSPS) is 13.0. The zero-order chi connectivity index (χ0) is 8.27. The van der Waals surface area contributed by atoms with E-state index in [1.165, 1.54) is 0 Å². The maximum atomic E-state index is 5.45. The predicted molar refractivity (Wildman–Crippen MR) is 43.6 cm³/mol. The summed E-state index contributed by atoms with van der Waals surface area (Å²) in [5.74, 6) is 0.710. The number of aryl methyl sites for hydroxylation is 1. The van der Waals surface area contributed by atoms with E-state index in [1.54, 1.807) is 4.68 Å². The van der Waals surface area contributed by atoms with Crippen LogP contribution in [0.25, 0.3) is 0 Å². The van der Waals surface area contributed by atoms with Crippen molar-refractivity contribution in [1.82, 2.24) is 9.78 Å². The maximum Gasteiger partial charge on any atom is 0.232 e. The van der Waals surface area contributed by atoms with Crippen molar-refractivity contribution in [1.29, 1.82) is 0 Å². The molecule has 1 heterocycles. The molecule has 1 atom stereocenters. The summed E-state index contributed by atoms with van der Waals surface area (Å²) < 4.78 is 7.19. The van der Waals surface area contributed by atoms with E-state index in [-0.39, 0.29) is 6.10 Å². The second-order valence-corrected chi connectivity index (χ2v) is 2.66. The third-order valence-corrected chi connectivity index (χ3v) is 1.59. The Morgan fingerprint density at radius 2 is 2.45 bits per heavy atom. The highest BCUT2D eigenvalue weighted by molar-refractivity contribution is 5.05. The quantitative estimate of drug-likeness (QED) is 0.661. The lowest BCUT2D eigenvalue weighted by Crippen LogP contribution is -2.10. The summed E-state index contributed by atoms with van der Waals surface area (Å²) >= 11 is 0. The standard InChI is InChI=1S/C8H14N2O/c1-4-7(2)11-8-5-6-10(3)9-8/h5-7H,4H2,1-3H3. The van der Waals surface area contributed by atoms with Crippen molar-refractivity contribution in [2.45, 2.75) is 26.4 Å². The molecular weight excluding hydrogens is 140 g/mol. The molecule has 1 unspecified atom stereocenters. The zero-order valence-corrected chi connectivity index (χ0v) is 7.24. The number of ether oxygens (including phenoxy) is 1. The second-order valence-electron chi connectivity index (χ2n) is 2.66. The number of aromatic nitrogens is 2. The molecule has 0 spiro atoms. The average Bonchev–Trinajstić information content (AvgIpc) is 2.35.